The molecule has 1 aliphatic heterocycles. The van der Waals surface area contributed by atoms with Gasteiger partial charge in [-0.3, -0.25) is 0 Å². The van der Waals surface area contributed by atoms with E-state index in [4.69, 9.17) is 14.7 Å². The fourth-order valence-electron chi connectivity index (χ4n) is 4.31. The van der Waals surface area contributed by atoms with Crippen LogP contribution in [-0.2, 0) is 6.42 Å². The second-order valence-electron chi connectivity index (χ2n) is 8.59. The van der Waals surface area contributed by atoms with Crippen molar-refractivity contribution in [1.29, 1.82) is 0 Å². The van der Waals surface area contributed by atoms with E-state index < -0.39 is 0 Å². The van der Waals surface area contributed by atoms with Crippen molar-refractivity contribution >= 4 is 37.6 Å². The van der Waals surface area contributed by atoms with Gasteiger partial charge in [0.1, 0.15) is 28.4 Å². The highest BCUT2D eigenvalue weighted by Crippen LogP contribution is 2.48. The largest absolute Gasteiger partial charge is 0.490 e. The molecule has 0 unspecified atom stereocenters. The monoisotopic (exact) mass is 418 g/mol. The predicted octanol–water partition coefficient (Wildman–Crippen LogP) is 5.71. The van der Waals surface area contributed by atoms with Crippen molar-refractivity contribution in [3.05, 3.63) is 42.2 Å². The summed E-state index contributed by atoms with van der Waals surface area (Å²) >= 11 is 1.70. The maximum absolute atomic E-state index is 6.36. The first-order valence-corrected chi connectivity index (χ1v) is 11.4. The van der Waals surface area contributed by atoms with Crippen LogP contribution < -0.4 is 9.64 Å². The fourth-order valence-corrected chi connectivity index (χ4v) is 5.48. The molecule has 154 valence electrons. The molecule has 0 radical (unpaired) electrons. The molecule has 1 aliphatic rings. The third-order valence-corrected chi connectivity index (χ3v) is 6.88. The molecule has 30 heavy (non-hydrogen) atoms. The van der Waals surface area contributed by atoms with Gasteiger partial charge in [-0.1, -0.05) is 44.2 Å². The summed E-state index contributed by atoms with van der Waals surface area (Å²) in [5.74, 6) is 1.91. The van der Waals surface area contributed by atoms with Gasteiger partial charge in [-0.2, -0.15) is 0 Å². The zero-order valence-corrected chi connectivity index (χ0v) is 18.7. The normalized spacial score (nSPS) is 15.2. The molecule has 1 aromatic carbocycles. The number of rotatable bonds is 4. The van der Waals surface area contributed by atoms with Crippen LogP contribution in [0.1, 0.15) is 33.3 Å². The summed E-state index contributed by atoms with van der Waals surface area (Å²) in [7, 11) is 0. The van der Waals surface area contributed by atoms with Crippen molar-refractivity contribution in [2.45, 2.75) is 34.1 Å². The average Bonchev–Trinajstić information content (AvgIpc) is 3.13. The lowest BCUT2D eigenvalue weighted by Crippen LogP contribution is -2.29. The fraction of sp³-hybridized carbons (Fsp3) is 0.375. The third kappa shape index (κ3) is 3.01. The van der Waals surface area contributed by atoms with E-state index in [0.717, 1.165) is 62.8 Å². The van der Waals surface area contributed by atoms with E-state index in [1.54, 1.807) is 17.7 Å². The van der Waals surface area contributed by atoms with Crippen LogP contribution in [0.4, 0.5) is 5.82 Å². The number of nitrogens with zero attached hydrogens (tertiary/aromatic N) is 4. The highest BCUT2D eigenvalue weighted by molar-refractivity contribution is 7.26. The number of aromatic nitrogens is 3. The highest BCUT2D eigenvalue weighted by atomic mass is 32.1. The smallest absolute Gasteiger partial charge is 0.150 e. The van der Waals surface area contributed by atoms with Crippen molar-refractivity contribution in [3.8, 4) is 17.0 Å². The molecule has 0 amide bonds. The van der Waals surface area contributed by atoms with Gasteiger partial charge in [0, 0.05) is 35.0 Å². The molecule has 0 saturated heterocycles. The molecule has 4 aromatic rings. The minimum Gasteiger partial charge on any atom is -0.490 e. The molecule has 5 nitrogen and oxygen atoms in total. The van der Waals surface area contributed by atoms with Crippen molar-refractivity contribution in [2.24, 2.45) is 5.41 Å². The zero-order valence-electron chi connectivity index (χ0n) is 17.9. The van der Waals surface area contributed by atoms with Gasteiger partial charge in [0.15, 0.2) is 0 Å². The number of hydrogen-bond acceptors (Lipinski definition) is 6. The summed E-state index contributed by atoms with van der Waals surface area (Å²) in [6, 6.07) is 10.3. The number of thiophene rings is 1. The molecule has 0 N–H and O–H groups in total. The third-order valence-electron chi connectivity index (χ3n) is 5.81. The van der Waals surface area contributed by atoms with Crippen LogP contribution in [0.25, 0.3) is 31.7 Å². The van der Waals surface area contributed by atoms with E-state index in [1.807, 2.05) is 6.07 Å². The second kappa shape index (κ2) is 7.20. The molecular weight excluding hydrogens is 392 g/mol. The topological polar surface area (TPSA) is 51.1 Å². The van der Waals surface area contributed by atoms with Crippen LogP contribution in [0.15, 0.2) is 36.7 Å². The molecule has 4 heterocycles. The van der Waals surface area contributed by atoms with E-state index in [9.17, 15) is 0 Å². The maximum Gasteiger partial charge on any atom is 0.150 e. The Morgan fingerprint density at radius 3 is 2.60 bits per heavy atom. The lowest BCUT2D eigenvalue weighted by atomic mass is 9.83. The standard InChI is InChI=1S/C24H26N4OS/c1-5-28(6-2)22-21-19(25-14-26-22)17-16-12-24(3,4)13-29-20(16)18(27-23(17)30-21)15-10-8-7-9-11-15/h7-11,14H,5-6,12-13H2,1-4H3. The quantitative estimate of drug-likeness (QED) is 0.425. The van der Waals surface area contributed by atoms with Crippen molar-refractivity contribution in [2.75, 3.05) is 24.6 Å². The van der Waals surface area contributed by atoms with Crippen LogP contribution in [0.2, 0.25) is 0 Å². The van der Waals surface area contributed by atoms with Gasteiger partial charge >= 0.3 is 0 Å². The Kier molecular flexibility index (Phi) is 4.62. The summed E-state index contributed by atoms with van der Waals surface area (Å²) in [4.78, 5) is 17.7. The molecule has 0 atom stereocenters. The van der Waals surface area contributed by atoms with Crippen molar-refractivity contribution < 1.29 is 4.74 Å². The maximum atomic E-state index is 6.36. The summed E-state index contributed by atoms with van der Waals surface area (Å²) in [5.41, 5.74) is 4.31. The lowest BCUT2D eigenvalue weighted by molar-refractivity contribution is 0.156. The Labute approximate surface area is 180 Å². The van der Waals surface area contributed by atoms with Gasteiger partial charge in [0.25, 0.3) is 0 Å². The summed E-state index contributed by atoms with van der Waals surface area (Å²) in [5, 5.41) is 1.13. The van der Waals surface area contributed by atoms with Gasteiger partial charge in [-0.15, -0.1) is 11.3 Å². The van der Waals surface area contributed by atoms with Crippen molar-refractivity contribution in [1.82, 2.24) is 15.0 Å². The average molecular weight is 419 g/mol. The molecule has 0 saturated carbocycles. The Bertz CT molecular complexity index is 1230. The molecular formula is C24H26N4OS. The molecule has 0 bridgehead atoms. The minimum atomic E-state index is 0.0677. The van der Waals surface area contributed by atoms with Crippen LogP contribution in [-0.4, -0.2) is 34.6 Å². The first-order valence-electron chi connectivity index (χ1n) is 10.6. The first-order chi connectivity index (χ1) is 14.5. The predicted molar refractivity (Wildman–Crippen MR) is 125 cm³/mol. The van der Waals surface area contributed by atoms with Crippen LogP contribution in [0, 0.1) is 5.41 Å². The van der Waals surface area contributed by atoms with E-state index in [2.05, 4.69) is 61.8 Å². The van der Waals surface area contributed by atoms with Gasteiger partial charge in [0.05, 0.1) is 16.8 Å². The molecule has 5 rings (SSSR count). The van der Waals surface area contributed by atoms with E-state index >= 15 is 0 Å². The number of benzene rings is 1. The number of anilines is 1. The number of pyridine rings is 1. The number of fused-ring (bicyclic) bond motifs is 5. The Morgan fingerprint density at radius 2 is 1.87 bits per heavy atom. The summed E-state index contributed by atoms with van der Waals surface area (Å²) in [6.07, 6.45) is 2.63. The Balaban J connectivity index is 1.86. The van der Waals surface area contributed by atoms with Gasteiger partial charge in [-0.05, 0) is 20.3 Å². The second-order valence-corrected chi connectivity index (χ2v) is 9.59. The number of hydrogen-bond donors (Lipinski definition) is 0. The zero-order chi connectivity index (χ0) is 20.9. The van der Waals surface area contributed by atoms with Crippen LogP contribution >= 0.6 is 11.3 Å². The van der Waals surface area contributed by atoms with Gasteiger partial charge in [0.2, 0.25) is 0 Å². The molecule has 3 aromatic heterocycles. The first kappa shape index (κ1) is 19.2. The van der Waals surface area contributed by atoms with Crippen LogP contribution in [0.5, 0.6) is 5.75 Å². The Morgan fingerprint density at radius 1 is 1.10 bits per heavy atom. The lowest BCUT2D eigenvalue weighted by Gasteiger charge is -2.32. The van der Waals surface area contributed by atoms with Gasteiger partial charge < -0.3 is 9.64 Å². The van der Waals surface area contributed by atoms with E-state index in [-0.39, 0.29) is 5.41 Å². The summed E-state index contributed by atoms with van der Waals surface area (Å²) in [6.45, 7) is 11.4. The van der Waals surface area contributed by atoms with Gasteiger partial charge in [-0.25, -0.2) is 15.0 Å². The van der Waals surface area contributed by atoms with E-state index in [1.165, 1.54) is 5.56 Å². The van der Waals surface area contributed by atoms with Crippen LogP contribution in [0.3, 0.4) is 0 Å². The SMILES string of the molecule is CCN(CC)c1ncnc2c1sc1nc(-c3ccccc3)c3c(c12)CC(C)(C)CO3. The number of ether oxygens (including phenoxy) is 1. The molecule has 0 fully saturated rings. The molecule has 0 aliphatic carbocycles. The molecule has 6 heteroatoms. The highest BCUT2D eigenvalue weighted by Gasteiger charge is 2.33. The summed E-state index contributed by atoms with van der Waals surface area (Å²) < 4.78 is 7.47. The Hall–Kier alpha value is -2.73. The minimum absolute atomic E-state index is 0.0677. The van der Waals surface area contributed by atoms with E-state index in [0.29, 0.717) is 6.61 Å². The molecule has 0 spiro atoms. The van der Waals surface area contributed by atoms with Crippen molar-refractivity contribution in [3.63, 3.8) is 0 Å².